The van der Waals surface area contributed by atoms with Crippen LogP contribution in [0.4, 0.5) is 4.39 Å². The number of H-pyrrole nitrogens is 2. The highest BCUT2D eigenvalue weighted by atomic mass is 19.1. The number of aromatic amines is 2. The number of rotatable bonds is 5. The number of carbonyl (C=O) groups is 1. The van der Waals surface area contributed by atoms with E-state index in [9.17, 15) is 18.8 Å². The largest absolute Gasteiger partial charge is 0.488 e. The third-order valence-electron chi connectivity index (χ3n) is 3.56. The molecular weight excluding hydrogens is 343 g/mol. The Morgan fingerprint density at radius 3 is 2.85 bits per heavy atom. The highest BCUT2D eigenvalue weighted by molar-refractivity contribution is 5.96. The summed E-state index contributed by atoms with van der Waals surface area (Å²) >= 11 is 0. The molecule has 2 aromatic heterocycles. The maximum atomic E-state index is 13.5. The van der Waals surface area contributed by atoms with Gasteiger partial charge in [0.25, 0.3) is 11.5 Å². The molecule has 0 saturated carbocycles. The summed E-state index contributed by atoms with van der Waals surface area (Å²) in [6.07, 6.45) is 1.25. The van der Waals surface area contributed by atoms with Gasteiger partial charge in [0.05, 0.1) is 17.0 Å². The van der Waals surface area contributed by atoms with Gasteiger partial charge in [-0.25, -0.2) is 14.2 Å². The van der Waals surface area contributed by atoms with Gasteiger partial charge in [0.15, 0.2) is 11.6 Å². The van der Waals surface area contributed by atoms with Crippen LogP contribution in [0.3, 0.4) is 0 Å². The number of hydrogen-bond donors (Lipinski definition) is 3. The van der Waals surface area contributed by atoms with Crippen LogP contribution >= 0.6 is 0 Å². The van der Waals surface area contributed by atoms with Gasteiger partial charge in [0.1, 0.15) is 12.3 Å². The second kappa shape index (κ2) is 7.18. The first-order chi connectivity index (χ1) is 12.4. The summed E-state index contributed by atoms with van der Waals surface area (Å²) in [5.41, 5.74) is -1.08. The molecule has 3 rings (SSSR count). The third-order valence-corrected chi connectivity index (χ3v) is 3.56. The molecule has 0 aliphatic heterocycles. The Kier molecular flexibility index (Phi) is 4.78. The monoisotopic (exact) mass is 358 g/mol. The molecule has 0 fully saturated rings. The number of ether oxygens (including phenoxy) is 1. The van der Waals surface area contributed by atoms with Crippen molar-refractivity contribution in [3.05, 3.63) is 68.7 Å². The molecule has 1 amide bonds. The molecule has 134 valence electrons. The minimum Gasteiger partial charge on any atom is -0.488 e. The van der Waals surface area contributed by atoms with E-state index >= 15 is 0 Å². The van der Waals surface area contributed by atoms with Crippen LogP contribution in [0.5, 0.6) is 5.75 Å². The van der Waals surface area contributed by atoms with Crippen LogP contribution in [0.15, 0.2) is 46.1 Å². The maximum Gasteiger partial charge on any atom is 0.327 e. The molecule has 0 bridgehead atoms. The second-order valence-electron chi connectivity index (χ2n) is 5.64. The number of fused-ring (bicyclic) bond motifs is 1. The number of benzene rings is 1. The zero-order valence-corrected chi connectivity index (χ0v) is 13.7. The molecule has 9 heteroatoms. The van der Waals surface area contributed by atoms with Crippen molar-refractivity contribution in [1.82, 2.24) is 20.3 Å². The standard InChI is InChI=1S/C17H15FN4O4/c1-9(8-26-13-5-3-2-4-12(13)18)20-15(23)10-6-11-14(19-7-10)21-17(25)22-16(11)24/h2-7,9H,8H2,1H3,(H,20,23)(H2,19,21,22,24,25). The Morgan fingerprint density at radius 2 is 2.08 bits per heavy atom. The first-order valence-corrected chi connectivity index (χ1v) is 7.74. The van der Waals surface area contributed by atoms with Gasteiger partial charge >= 0.3 is 5.69 Å². The van der Waals surface area contributed by atoms with E-state index in [0.717, 1.165) is 0 Å². The van der Waals surface area contributed by atoms with Gasteiger partial charge in [-0.1, -0.05) is 12.1 Å². The summed E-state index contributed by atoms with van der Waals surface area (Å²) in [5, 5.41) is 2.76. The van der Waals surface area contributed by atoms with E-state index in [-0.39, 0.29) is 29.0 Å². The highest BCUT2D eigenvalue weighted by Crippen LogP contribution is 2.15. The lowest BCUT2D eigenvalue weighted by molar-refractivity contribution is 0.0926. The number of pyridine rings is 1. The zero-order chi connectivity index (χ0) is 18.7. The third kappa shape index (κ3) is 3.77. The number of para-hydroxylation sites is 1. The van der Waals surface area contributed by atoms with Gasteiger partial charge in [0, 0.05) is 6.20 Å². The van der Waals surface area contributed by atoms with Gasteiger partial charge in [-0.05, 0) is 25.1 Å². The molecule has 0 aliphatic carbocycles. The molecule has 8 nitrogen and oxygen atoms in total. The van der Waals surface area contributed by atoms with E-state index in [1.54, 1.807) is 19.1 Å². The quantitative estimate of drug-likeness (QED) is 0.628. The maximum absolute atomic E-state index is 13.5. The molecule has 0 spiro atoms. The fourth-order valence-electron chi connectivity index (χ4n) is 2.30. The number of amides is 1. The van der Waals surface area contributed by atoms with Gasteiger partial charge in [0.2, 0.25) is 0 Å². The Labute approximate surface area is 146 Å². The average Bonchev–Trinajstić information content (AvgIpc) is 2.60. The normalized spacial score (nSPS) is 11.9. The summed E-state index contributed by atoms with van der Waals surface area (Å²) in [6.45, 7) is 1.75. The average molecular weight is 358 g/mol. The van der Waals surface area contributed by atoms with E-state index in [4.69, 9.17) is 4.74 Å². The lowest BCUT2D eigenvalue weighted by Gasteiger charge is -2.15. The van der Waals surface area contributed by atoms with Crippen molar-refractivity contribution < 1.29 is 13.9 Å². The molecule has 3 aromatic rings. The van der Waals surface area contributed by atoms with Crippen molar-refractivity contribution in [2.75, 3.05) is 6.61 Å². The smallest absolute Gasteiger partial charge is 0.327 e. The number of aromatic nitrogens is 3. The predicted octanol–water partition coefficient (Wildman–Crippen LogP) is 0.948. The number of nitrogens with zero attached hydrogens (tertiary/aromatic N) is 1. The van der Waals surface area contributed by atoms with E-state index in [0.29, 0.717) is 0 Å². The molecule has 3 N–H and O–H groups in total. The molecule has 26 heavy (non-hydrogen) atoms. The first-order valence-electron chi connectivity index (χ1n) is 7.74. The summed E-state index contributed by atoms with van der Waals surface area (Å²) in [6, 6.07) is 6.87. The summed E-state index contributed by atoms with van der Waals surface area (Å²) in [5.74, 6) is -0.871. The highest BCUT2D eigenvalue weighted by Gasteiger charge is 2.13. The molecular formula is C17H15FN4O4. The van der Waals surface area contributed by atoms with Crippen molar-refractivity contribution in [3.63, 3.8) is 0 Å². The van der Waals surface area contributed by atoms with Crippen LogP contribution in [0.2, 0.25) is 0 Å². The van der Waals surface area contributed by atoms with Crippen molar-refractivity contribution in [3.8, 4) is 5.75 Å². The van der Waals surface area contributed by atoms with Gasteiger partial charge in [-0.2, -0.15) is 0 Å². The van der Waals surface area contributed by atoms with Gasteiger partial charge in [-0.15, -0.1) is 0 Å². The number of carbonyl (C=O) groups excluding carboxylic acids is 1. The summed E-state index contributed by atoms with van der Waals surface area (Å²) in [4.78, 5) is 43.6. The van der Waals surface area contributed by atoms with Crippen LogP contribution in [0.25, 0.3) is 11.0 Å². The van der Waals surface area contributed by atoms with Crippen molar-refractivity contribution in [2.45, 2.75) is 13.0 Å². The minimum absolute atomic E-state index is 0.0571. The topological polar surface area (TPSA) is 117 Å². The zero-order valence-electron chi connectivity index (χ0n) is 13.7. The van der Waals surface area contributed by atoms with Gasteiger partial charge < -0.3 is 10.1 Å². The fraction of sp³-hybridized carbons (Fsp3) is 0.176. The van der Waals surface area contributed by atoms with E-state index in [1.807, 2.05) is 0 Å². The fourth-order valence-corrected chi connectivity index (χ4v) is 2.30. The molecule has 1 aromatic carbocycles. The lowest BCUT2D eigenvalue weighted by atomic mass is 10.2. The lowest BCUT2D eigenvalue weighted by Crippen LogP contribution is -2.37. The van der Waals surface area contributed by atoms with Crippen molar-refractivity contribution >= 4 is 16.9 Å². The Bertz CT molecular complexity index is 1080. The van der Waals surface area contributed by atoms with Crippen LogP contribution in [-0.4, -0.2) is 33.5 Å². The molecule has 0 saturated heterocycles. The Hall–Kier alpha value is -3.49. The molecule has 1 atom stereocenters. The molecule has 0 aliphatic rings. The Morgan fingerprint density at radius 1 is 1.31 bits per heavy atom. The number of nitrogens with one attached hydrogen (secondary N) is 3. The Balaban J connectivity index is 1.69. The summed E-state index contributed by atoms with van der Waals surface area (Å²) < 4.78 is 18.8. The minimum atomic E-state index is -0.675. The van der Waals surface area contributed by atoms with Crippen LogP contribution in [0, 0.1) is 5.82 Å². The van der Waals surface area contributed by atoms with Crippen LogP contribution in [-0.2, 0) is 0 Å². The number of hydrogen-bond acceptors (Lipinski definition) is 5. The SMILES string of the molecule is CC(COc1ccccc1F)NC(=O)c1cnc2[nH]c(=O)[nH]c(=O)c2c1. The van der Waals surface area contributed by atoms with Gasteiger partial charge in [-0.3, -0.25) is 19.6 Å². The summed E-state index contributed by atoms with van der Waals surface area (Å²) in [7, 11) is 0. The molecule has 2 heterocycles. The van der Waals surface area contributed by atoms with Crippen LogP contribution in [0.1, 0.15) is 17.3 Å². The first kappa shape index (κ1) is 17.3. The van der Waals surface area contributed by atoms with E-state index in [1.165, 1.54) is 24.4 Å². The predicted molar refractivity (Wildman–Crippen MR) is 91.8 cm³/mol. The van der Waals surface area contributed by atoms with Crippen LogP contribution < -0.4 is 21.3 Å². The van der Waals surface area contributed by atoms with E-state index < -0.39 is 29.0 Å². The van der Waals surface area contributed by atoms with E-state index in [2.05, 4.69) is 20.3 Å². The van der Waals surface area contributed by atoms with Crippen molar-refractivity contribution in [1.29, 1.82) is 0 Å². The molecule has 0 radical (unpaired) electrons. The number of halogens is 1. The second-order valence-corrected chi connectivity index (χ2v) is 5.64. The molecule has 1 unspecified atom stereocenters. The van der Waals surface area contributed by atoms with Crippen molar-refractivity contribution in [2.24, 2.45) is 0 Å².